The lowest BCUT2D eigenvalue weighted by molar-refractivity contribution is 0.0801. The van der Waals surface area contributed by atoms with E-state index in [0.717, 1.165) is 11.3 Å². The molecule has 2 N–H and O–H groups in total. The van der Waals surface area contributed by atoms with Crippen LogP contribution >= 0.6 is 23.2 Å². The van der Waals surface area contributed by atoms with Gasteiger partial charge in [-0.25, -0.2) is 4.98 Å². The Morgan fingerprint density at radius 1 is 1.22 bits per heavy atom. The number of fused-ring (bicyclic) bond motifs is 1. The van der Waals surface area contributed by atoms with Crippen LogP contribution in [0.4, 0.5) is 0 Å². The maximum absolute atomic E-state index is 10.1. The third kappa shape index (κ3) is 3.29. The van der Waals surface area contributed by atoms with Gasteiger partial charge in [0.15, 0.2) is 0 Å². The van der Waals surface area contributed by atoms with Gasteiger partial charge in [0.05, 0.1) is 21.3 Å². The van der Waals surface area contributed by atoms with Gasteiger partial charge in [0, 0.05) is 24.4 Å². The molecule has 3 rings (SSSR count). The first-order chi connectivity index (χ1) is 10.7. The van der Waals surface area contributed by atoms with Gasteiger partial charge in [0.1, 0.15) is 11.4 Å². The van der Waals surface area contributed by atoms with Crippen molar-refractivity contribution in [2.24, 2.45) is 0 Å². The van der Waals surface area contributed by atoms with Crippen LogP contribution in [-0.4, -0.2) is 25.2 Å². The van der Waals surface area contributed by atoms with Gasteiger partial charge in [0.2, 0.25) is 0 Å². The largest absolute Gasteiger partial charge is 0.507 e. The Morgan fingerprint density at radius 2 is 1.96 bits per heavy atom. The standard InChI is InChI=1S/C17H16Cl2N2O2/c1-17(2,23)8-11-9-21-6-5-10(7-14(21)20-11)15-13(22)4-3-12(18)16(15)19/h3-7,9,22-23H,8H2,1-2H3. The summed E-state index contributed by atoms with van der Waals surface area (Å²) < 4.78 is 1.86. The molecule has 0 amide bonds. The van der Waals surface area contributed by atoms with Crippen LogP contribution in [0.2, 0.25) is 10.0 Å². The Bertz CT molecular complexity index is 882. The van der Waals surface area contributed by atoms with Crippen LogP contribution in [0.1, 0.15) is 19.5 Å². The number of aromatic nitrogens is 2. The Morgan fingerprint density at radius 3 is 2.65 bits per heavy atom. The number of nitrogens with zero attached hydrogens (tertiary/aromatic N) is 2. The van der Waals surface area contributed by atoms with Crippen LogP contribution < -0.4 is 0 Å². The molecular formula is C17H16Cl2N2O2. The second-order valence-corrected chi connectivity index (χ2v) is 6.94. The van der Waals surface area contributed by atoms with Crippen molar-refractivity contribution in [1.82, 2.24) is 9.38 Å². The summed E-state index contributed by atoms with van der Waals surface area (Å²) in [5.74, 6) is 0.0621. The average molecular weight is 351 g/mol. The van der Waals surface area contributed by atoms with E-state index in [1.54, 1.807) is 19.9 Å². The summed E-state index contributed by atoms with van der Waals surface area (Å²) in [5.41, 5.74) is 1.87. The lowest BCUT2D eigenvalue weighted by Crippen LogP contribution is -2.21. The predicted molar refractivity (Wildman–Crippen MR) is 92.3 cm³/mol. The first-order valence-corrected chi connectivity index (χ1v) is 7.87. The molecule has 23 heavy (non-hydrogen) atoms. The van der Waals surface area contributed by atoms with Gasteiger partial charge in [-0.3, -0.25) is 0 Å². The van der Waals surface area contributed by atoms with Gasteiger partial charge in [-0.15, -0.1) is 0 Å². The van der Waals surface area contributed by atoms with E-state index in [2.05, 4.69) is 4.98 Å². The van der Waals surface area contributed by atoms with Gasteiger partial charge >= 0.3 is 0 Å². The van der Waals surface area contributed by atoms with E-state index in [4.69, 9.17) is 23.2 Å². The lowest BCUT2D eigenvalue weighted by Gasteiger charge is -2.14. The van der Waals surface area contributed by atoms with E-state index >= 15 is 0 Å². The summed E-state index contributed by atoms with van der Waals surface area (Å²) in [4.78, 5) is 4.51. The van der Waals surface area contributed by atoms with E-state index in [1.165, 1.54) is 6.07 Å². The van der Waals surface area contributed by atoms with Crippen LogP contribution in [-0.2, 0) is 6.42 Å². The minimum atomic E-state index is -0.824. The molecule has 2 aromatic heterocycles. The Kier molecular flexibility index (Phi) is 4.00. The molecule has 0 saturated heterocycles. The molecule has 3 aromatic rings. The molecule has 0 fully saturated rings. The monoisotopic (exact) mass is 350 g/mol. The maximum atomic E-state index is 10.1. The van der Waals surface area contributed by atoms with Crippen molar-refractivity contribution in [3.63, 3.8) is 0 Å². The van der Waals surface area contributed by atoms with E-state index < -0.39 is 5.60 Å². The van der Waals surface area contributed by atoms with Gasteiger partial charge in [-0.2, -0.15) is 0 Å². The fraction of sp³-hybridized carbons (Fsp3) is 0.235. The van der Waals surface area contributed by atoms with E-state index in [9.17, 15) is 10.2 Å². The number of benzene rings is 1. The quantitative estimate of drug-likeness (QED) is 0.739. The molecule has 0 aliphatic carbocycles. The fourth-order valence-electron chi connectivity index (χ4n) is 2.53. The average Bonchev–Trinajstić information content (AvgIpc) is 2.82. The van der Waals surface area contributed by atoms with E-state index in [0.29, 0.717) is 27.7 Å². The molecule has 0 spiro atoms. The maximum Gasteiger partial charge on any atom is 0.137 e. The number of rotatable bonds is 3. The molecule has 1 aromatic carbocycles. The van der Waals surface area contributed by atoms with Crippen molar-refractivity contribution in [3.05, 3.63) is 52.4 Å². The third-order valence-electron chi connectivity index (χ3n) is 3.49. The zero-order valence-corrected chi connectivity index (χ0v) is 14.2. The number of pyridine rings is 1. The predicted octanol–water partition coefficient (Wildman–Crippen LogP) is 4.33. The number of imidazole rings is 1. The van der Waals surface area contributed by atoms with Gasteiger partial charge in [0.25, 0.3) is 0 Å². The molecule has 4 nitrogen and oxygen atoms in total. The van der Waals surface area contributed by atoms with Crippen LogP contribution in [0, 0.1) is 0 Å². The highest BCUT2D eigenvalue weighted by atomic mass is 35.5. The third-order valence-corrected chi connectivity index (χ3v) is 4.29. The second kappa shape index (κ2) is 5.71. The second-order valence-electron chi connectivity index (χ2n) is 6.16. The highest BCUT2D eigenvalue weighted by Gasteiger charge is 2.17. The number of phenolic OH excluding ortho intramolecular Hbond substituents is 1. The number of aliphatic hydroxyl groups is 1. The van der Waals surface area contributed by atoms with Crippen molar-refractivity contribution in [2.45, 2.75) is 25.9 Å². The summed E-state index contributed by atoms with van der Waals surface area (Å²) in [6, 6.07) is 6.72. The lowest BCUT2D eigenvalue weighted by atomic mass is 10.0. The van der Waals surface area contributed by atoms with Crippen molar-refractivity contribution in [1.29, 1.82) is 0 Å². The molecule has 0 radical (unpaired) electrons. The first kappa shape index (κ1) is 16.1. The molecule has 6 heteroatoms. The highest BCUT2D eigenvalue weighted by Crippen LogP contribution is 2.40. The number of halogens is 2. The number of hydrogen-bond acceptors (Lipinski definition) is 3. The summed E-state index contributed by atoms with van der Waals surface area (Å²) in [5, 5.41) is 20.7. The van der Waals surface area contributed by atoms with Crippen molar-refractivity contribution in [2.75, 3.05) is 0 Å². The summed E-state index contributed by atoms with van der Waals surface area (Å²) in [7, 11) is 0. The Labute approximate surface area is 143 Å². The zero-order valence-electron chi connectivity index (χ0n) is 12.7. The minimum absolute atomic E-state index is 0.0621. The molecular weight excluding hydrogens is 335 g/mol. The molecule has 0 bridgehead atoms. The van der Waals surface area contributed by atoms with Crippen molar-refractivity contribution < 1.29 is 10.2 Å². The molecule has 120 valence electrons. The summed E-state index contributed by atoms with van der Waals surface area (Å²) >= 11 is 12.3. The van der Waals surface area contributed by atoms with Crippen molar-refractivity contribution >= 4 is 28.8 Å². The van der Waals surface area contributed by atoms with Crippen LogP contribution in [0.3, 0.4) is 0 Å². The molecule has 0 atom stereocenters. The Balaban J connectivity index is 2.09. The van der Waals surface area contributed by atoms with Crippen molar-refractivity contribution in [3.8, 4) is 16.9 Å². The molecule has 2 heterocycles. The smallest absolute Gasteiger partial charge is 0.137 e. The normalized spacial score (nSPS) is 12.0. The van der Waals surface area contributed by atoms with Gasteiger partial charge in [-0.1, -0.05) is 23.2 Å². The SMILES string of the molecule is CC(C)(O)Cc1cn2ccc(-c3c(O)ccc(Cl)c3Cl)cc2n1. The number of aromatic hydroxyl groups is 1. The van der Waals surface area contributed by atoms with Gasteiger partial charge < -0.3 is 14.6 Å². The summed E-state index contributed by atoms with van der Waals surface area (Å²) in [6.07, 6.45) is 4.16. The molecule has 0 aliphatic heterocycles. The molecule has 0 aliphatic rings. The molecule has 0 unspecified atom stereocenters. The first-order valence-electron chi connectivity index (χ1n) is 7.12. The van der Waals surface area contributed by atoms with Crippen LogP contribution in [0.5, 0.6) is 5.75 Å². The highest BCUT2D eigenvalue weighted by molar-refractivity contribution is 6.44. The Hall–Kier alpha value is -1.75. The van der Waals surface area contributed by atoms with Gasteiger partial charge in [-0.05, 0) is 43.7 Å². The summed E-state index contributed by atoms with van der Waals surface area (Å²) in [6.45, 7) is 3.48. The number of phenols is 1. The van der Waals surface area contributed by atoms with E-state index in [1.807, 2.05) is 28.9 Å². The number of hydrogen-bond donors (Lipinski definition) is 2. The van der Waals surface area contributed by atoms with Crippen LogP contribution in [0.15, 0.2) is 36.7 Å². The minimum Gasteiger partial charge on any atom is -0.507 e. The van der Waals surface area contributed by atoms with Crippen LogP contribution in [0.25, 0.3) is 16.8 Å². The molecule has 0 saturated carbocycles. The van der Waals surface area contributed by atoms with E-state index in [-0.39, 0.29) is 5.75 Å². The fourth-order valence-corrected chi connectivity index (χ4v) is 2.96. The topological polar surface area (TPSA) is 57.8 Å². The zero-order chi connectivity index (χ0) is 16.8.